The van der Waals surface area contributed by atoms with Crippen LogP contribution >= 0.6 is 0 Å². The molecule has 0 aromatic heterocycles. The van der Waals surface area contributed by atoms with Gasteiger partial charge in [-0.3, -0.25) is 0 Å². The molecule has 0 aliphatic rings. The molecule has 2 rings (SSSR count). The van der Waals surface area contributed by atoms with Gasteiger partial charge in [-0.1, -0.05) is 12.1 Å². The third-order valence-corrected chi connectivity index (χ3v) is 2.93. The number of rotatable bonds is 6. The van der Waals surface area contributed by atoms with E-state index in [1.165, 1.54) is 12.1 Å². The lowest BCUT2D eigenvalue weighted by atomic mass is 10.2. The molecule has 5 heteroatoms. The Balaban J connectivity index is 2.08. The molecule has 0 heterocycles. The fraction of sp³-hybridized carbons (Fsp3) is 0.235. The lowest BCUT2D eigenvalue weighted by Crippen LogP contribution is -2.02. The second kappa shape index (κ2) is 7.45. The number of nitrogens with zero attached hydrogens (tertiary/aromatic N) is 2. The molecule has 0 bridgehead atoms. The van der Waals surface area contributed by atoms with E-state index < -0.39 is 0 Å². The van der Waals surface area contributed by atoms with Gasteiger partial charge in [-0.05, 0) is 41.5 Å². The summed E-state index contributed by atoms with van der Waals surface area (Å²) < 4.78 is 23.9. The highest BCUT2D eigenvalue weighted by Crippen LogP contribution is 2.28. The predicted molar refractivity (Wildman–Crippen MR) is 85.0 cm³/mol. The molecular weight excluding hydrogens is 283 g/mol. The summed E-state index contributed by atoms with van der Waals surface area (Å²) in [6, 6.07) is 11.8. The molecule has 0 fully saturated rings. The monoisotopic (exact) mass is 302 g/mol. The van der Waals surface area contributed by atoms with E-state index >= 15 is 0 Å². The van der Waals surface area contributed by atoms with Crippen LogP contribution < -0.4 is 9.47 Å². The summed E-state index contributed by atoms with van der Waals surface area (Å²) in [5.41, 5.74) is 1.81. The van der Waals surface area contributed by atoms with E-state index in [0.29, 0.717) is 18.1 Å². The first-order valence-electron chi connectivity index (χ1n) is 6.85. The fourth-order valence-corrected chi connectivity index (χ4v) is 1.81. The van der Waals surface area contributed by atoms with Crippen molar-refractivity contribution in [2.24, 2.45) is 5.10 Å². The van der Waals surface area contributed by atoms with Gasteiger partial charge in [-0.25, -0.2) is 4.39 Å². The lowest BCUT2D eigenvalue weighted by Gasteiger charge is -2.11. The van der Waals surface area contributed by atoms with Gasteiger partial charge in [0.05, 0.1) is 13.3 Å². The average Bonchev–Trinajstić information content (AvgIpc) is 2.52. The Morgan fingerprint density at radius 3 is 2.45 bits per heavy atom. The quantitative estimate of drug-likeness (QED) is 0.606. The number of benzene rings is 2. The van der Waals surface area contributed by atoms with Crippen molar-refractivity contribution in [3.8, 4) is 11.5 Å². The first-order valence-corrected chi connectivity index (χ1v) is 6.85. The second-order valence-corrected chi connectivity index (χ2v) is 4.92. The minimum absolute atomic E-state index is 0.258. The van der Waals surface area contributed by atoms with Gasteiger partial charge in [-0.15, -0.1) is 0 Å². The Hall–Kier alpha value is -2.56. The Labute approximate surface area is 129 Å². The van der Waals surface area contributed by atoms with Crippen molar-refractivity contribution in [3.63, 3.8) is 0 Å². The maximum absolute atomic E-state index is 12.9. The van der Waals surface area contributed by atoms with Crippen LogP contribution in [0.4, 0.5) is 4.39 Å². The van der Waals surface area contributed by atoms with Crippen LogP contribution in [-0.2, 0) is 6.61 Å². The zero-order chi connectivity index (χ0) is 15.9. The maximum atomic E-state index is 12.9. The van der Waals surface area contributed by atoms with E-state index in [1.54, 1.807) is 30.5 Å². The zero-order valence-electron chi connectivity index (χ0n) is 12.9. The third-order valence-electron chi connectivity index (χ3n) is 2.93. The number of hydrazone groups is 1. The van der Waals surface area contributed by atoms with Crippen molar-refractivity contribution >= 4 is 6.21 Å². The molecule has 0 spiro atoms. The largest absolute Gasteiger partial charge is 0.493 e. The second-order valence-electron chi connectivity index (χ2n) is 4.92. The number of hydrogen-bond donors (Lipinski definition) is 0. The molecule has 0 N–H and O–H groups in total. The fourth-order valence-electron chi connectivity index (χ4n) is 1.81. The summed E-state index contributed by atoms with van der Waals surface area (Å²) in [7, 11) is 5.30. The van der Waals surface area contributed by atoms with E-state index in [4.69, 9.17) is 9.47 Å². The molecule has 2 aromatic carbocycles. The van der Waals surface area contributed by atoms with Crippen LogP contribution in [-0.4, -0.2) is 32.4 Å². The van der Waals surface area contributed by atoms with Crippen LogP contribution in [0.5, 0.6) is 11.5 Å². The highest BCUT2D eigenvalue weighted by molar-refractivity contribution is 5.80. The summed E-state index contributed by atoms with van der Waals surface area (Å²) >= 11 is 0. The molecule has 22 heavy (non-hydrogen) atoms. The van der Waals surface area contributed by atoms with Crippen molar-refractivity contribution < 1.29 is 13.9 Å². The van der Waals surface area contributed by atoms with Crippen molar-refractivity contribution in [1.82, 2.24) is 5.01 Å². The van der Waals surface area contributed by atoms with Gasteiger partial charge in [0.2, 0.25) is 0 Å². The van der Waals surface area contributed by atoms with E-state index in [-0.39, 0.29) is 5.82 Å². The number of hydrogen-bond acceptors (Lipinski definition) is 4. The Morgan fingerprint density at radius 1 is 1.09 bits per heavy atom. The molecule has 0 radical (unpaired) electrons. The molecule has 0 amide bonds. The summed E-state index contributed by atoms with van der Waals surface area (Å²) in [6.45, 7) is 0.349. The highest BCUT2D eigenvalue weighted by Gasteiger charge is 2.06. The summed E-state index contributed by atoms with van der Waals surface area (Å²) in [6.07, 6.45) is 1.74. The van der Waals surface area contributed by atoms with Crippen LogP contribution in [0.25, 0.3) is 0 Å². The molecule has 0 aliphatic carbocycles. The van der Waals surface area contributed by atoms with Gasteiger partial charge in [0.25, 0.3) is 0 Å². The van der Waals surface area contributed by atoms with Crippen molar-refractivity contribution in [1.29, 1.82) is 0 Å². The minimum atomic E-state index is -0.258. The lowest BCUT2D eigenvalue weighted by molar-refractivity contribution is 0.284. The molecule has 0 saturated heterocycles. The Bertz CT molecular complexity index is 640. The van der Waals surface area contributed by atoms with E-state index in [0.717, 1.165) is 11.1 Å². The Kier molecular flexibility index (Phi) is 5.36. The van der Waals surface area contributed by atoms with Gasteiger partial charge < -0.3 is 14.5 Å². The number of halogens is 1. The smallest absolute Gasteiger partial charge is 0.161 e. The summed E-state index contributed by atoms with van der Waals surface area (Å²) in [5, 5.41) is 5.89. The van der Waals surface area contributed by atoms with Crippen LogP contribution in [0.15, 0.2) is 47.6 Å². The first kappa shape index (κ1) is 15.8. The van der Waals surface area contributed by atoms with Gasteiger partial charge in [0, 0.05) is 14.1 Å². The standard InChI is InChI=1S/C17H19FN2O2/c1-20(2)19-11-14-6-9-16(17(10-14)21-3)22-12-13-4-7-15(18)8-5-13/h4-11H,12H2,1-3H3/b19-11+. The molecule has 0 atom stereocenters. The van der Waals surface area contributed by atoms with Crippen molar-refractivity contribution in [2.75, 3.05) is 21.2 Å². The van der Waals surface area contributed by atoms with Crippen LogP contribution in [0.3, 0.4) is 0 Å². The highest BCUT2D eigenvalue weighted by atomic mass is 19.1. The van der Waals surface area contributed by atoms with Crippen LogP contribution in [0, 0.1) is 5.82 Å². The molecule has 0 saturated carbocycles. The van der Waals surface area contributed by atoms with E-state index in [2.05, 4.69) is 5.10 Å². The van der Waals surface area contributed by atoms with Crippen LogP contribution in [0.2, 0.25) is 0 Å². The predicted octanol–water partition coefficient (Wildman–Crippen LogP) is 3.31. The maximum Gasteiger partial charge on any atom is 0.161 e. The normalized spacial score (nSPS) is 10.7. The zero-order valence-corrected chi connectivity index (χ0v) is 12.9. The number of methoxy groups -OCH3 is 1. The number of ether oxygens (including phenoxy) is 2. The van der Waals surface area contributed by atoms with Gasteiger partial charge in [0.1, 0.15) is 12.4 Å². The Morgan fingerprint density at radius 2 is 1.82 bits per heavy atom. The third kappa shape index (κ3) is 4.48. The SMILES string of the molecule is COc1cc(/C=N/N(C)C)ccc1OCc1ccc(F)cc1. The average molecular weight is 302 g/mol. The topological polar surface area (TPSA) is 34.1 Å². The van der Waals surface area contributed by atoms with E-state index in [1.807, 2.05) is 32.3 Å². The minimum Gasteiger partial charge on any atom is -0.493 e. The van der Waals surface area contributed by atoms with Gasteiger partial charge >= 0.3 is 0 Å². The van der Waals surface area contributed by atoms with Gasteiger partial charge in [-0.2, -0.15) is 5.10 Å². The molecule has 0 unspecified atom stereocenters. The molecule has 116 valence electrons. The van der Waals surface area contributed by atoms with E-state index in [9.17, 15) is 4.39 Å². The molecule has 0 aliphatic heterocycles. The van der Waals surface area contributed by atoms with Crippen molar-refractivity contribution in [2.45, 2.75) is 6.61 Å². The summed E-state index contributed by atoms with van der Waals surface area (Å²) in [5.74, 6) is 1.00. The van der Waals surface area contributed by atoms with Crippen LogP contribution in [0.1, 0.15) is 11.1 Å². The summed E-state index contributed by atoms with van der Waals surface area (Å²) in [4.78, 5) is 0. The first-order chi connectivity index (χ1) is 10.6. The van der Waals surface area contributed by atoms with Crippen molar-refractivity contribution in [3.05, 3.63) is 59.4 Å². The molecule has 4 nitrogen and oxygen atoms in total. The molecular formula is C17H19FN2O2. The molecule has 2 aromatic rings. The van der Waals surface area contributed by atoms with Gasteiger partial charge in [0.15, 0.2) is 11.5 Å².